The summed E-state index contributed by atoms with van der Waals surface area (Å²) in [5, 5.41) is 2.74. The molecule has 0 saturated heterocycles. The summed E-state index contributed by atoms with van der Waals surface area (Å²) in [4.78, 5) is 25.3. The van der Waals surface area contributed by atoms with Crippen molar-refractivity contribution in [1.82, 2.24) is 5.32 Å². The zero-order valence-corrected chi connectivity index (χ0v) is 14.0. The fraction of sp³-hybridized carbons (Fsp3) is 0.250. The van der Waals surface area contributed by atoms with Crippen LogP contribution in [-0.4, -0.2) is 24.9 Å². The average molecular weight is 365 g/mol. The number of halogens is 1. The van der Waals surface area contributed by atoms with Crippen LogP contribution in [0.2, 0.25) is 0 Å². The van der Waals surface area contributed by atoms with Gasteiger partial charge in [0.2, 0.25) is 5.91 Å². The average Bonchev–Trinajstić information content (AvgIpc) is 2.98. The second kappa shape index (κ2) is 7.26. The Hall–Kier alpha value is -2.08. The lowest BCUT2D eigenvalue weighted by Gasteiger charge is -2.23. The Morgan fingerprint density at radius 3 is 2.68 bits per heavy atom. The third-order valence-corrected chi connectivity index (χ3v) is 3.69. The number of rotatable bonds is 5. The standard InChI is InChI=1S/C16H17BrN2O3/c1-11-10-13(17)5-6-14(11)19(12(2)20)8-7-18-16(21)15-4-3-9-22-15/h3-6,9-10H,7-8H2,1-2H3,(H,18,21). The highest BCUT2D eigenvalue weighted by Gasteiger charge is 2.15. The van der Waals surface area contributed by atoms with Gasteiger partial charge in [0, 0.05) is 30.2 Å². The lowest BCUT2D eigenvalue weighted by atomic mass is 10.2. The Bertz CT molecular complexity index is 668. The first-order valence-electron chi connectivity index (χ1n) is 6.85. The molecule has 0 aliphatic rings. The van der Waals surface area contributed by atoms with Crippen molar-refractivity contribution in [1.29, 1.82) is 0 Å². The highest BCUT2D eigenvalue weighted by Crippen LogP contribution is 2.23. The maximum Gasteiger partial charge on any atom is 0.287 e. The highest BCUT2D eigenvalue weighted by atomic mass is 79.9. The predicted octanol–water partition coefficient (Wildman–Crippen LogP) is 3.13. The van der Waals surface area contributed by atoms with E-state index in [9.17, 15) is 9.59 Å². The third-order valence-electron chi connectivity index (χ3n) is 3.20. The molecule has 2 aromatic rings. The molecule has 0 unspecified atom stereocenters. The largest absolute Gasteiger partial charge is 0.459 e. The second-order valence-electron chi connectivity index (χ2n) is 4.83. The molecule has 0 aliphatic carbocycles. The summed E-state index contributed by atoms with van der Waals surface area (Å²) in [5.74, 6) is -0.104. The Labute approximate surface area is 137 Å². The van der Waals surface area contributed by atoms with Gasteiger partial charge >= 0.3 is 0 Å². The maximum atomic E-state index is 11.9. The summed E-state index contributed by atoms with van der Waals surface area (Å²) in [6.07, 6.45) is 1.45. The molecule has 22 heavy (non-hydrogen) atoms. The smallest absolute Gasteiger partial charge is 0.287 e. The summed E-state index contributed by atoms with van der Waals surface area (Å²) in [6.45, 7) is 4.19. The number of nitrogens with one attached hydrogen (secondary N) is 1. The Balaban J connectivity index is 2.01. The molecule has 1 aromatic heterocycles. The molecule has 1 N–H and O–H groups in total. The number of carbonyl (C=O) groups excluding carboxylic acids is 2. The van der Waals surface area contributed by atoms with Crippen molar-refractivity contribution in [2.75, 3.05) is 18.0 Å². The molecule has 0 saturated carbocycles. The van der Waals surface area contributed by atoms with Crippen molar-refractivity contribution >= 4 is 33.4 Å². The van der Waals surface area contributed by atoms with E-state index in [-0.39, 0.29) is 17.6 Å². The Kier molecular flexibility index (Phi) is 5.38. The second-order valence-corrected chi connectivity index (χ2v) is 5.75. The normalized spacial score (nSPS) is 10.3. The first-order valence-corrected chi connectivity index (χ1v) is 7.64. The SMILES string of the molecule is CC(=O)N(CCNC(=O)c1ccco1)c1ccc(Br)cc1C. The molecule has 2 amide bonds. The van der Waals surface area contributed by atoms with Crippen molar-refractivity contribution in [3.8, 4) is 0 Å². The van der Waals surface area contributed by atoms with E-state index < -0.39 is 0 Å². The van der Waals surface area contributed by atoms with Gasteiger partial charge in [-0.15, -0.1) is 0 Å². The number of hydrogen-bond donors (Lipinski definition) is 1. The van der Waals surface area contributed by atoms with E-state index in [1.165, 1.54) is 13.2 Å². The zero-order valence-electron chi connectivity index (χ0n) is 12.4. The van der Waals surface area contributed by atoms with Crippen molar-refractivity contribution in [2.24, 2.45) is 0 Å². The van der Waals surface area contributed by atoms with Crippen molar-refractivity contribution in [3.05, 3.63) is 52.4 Å². The van der Waals surface area contributed by atoms with Crippen molar-refractivity contribution in [3.63, 3.8) is 0 Å². The van der Waals surface area contributed by atoms with Crippen molar-refractivity contribution in [2.45, 2.75) is 13.8 Å². The number of carbonyl (C=O) groups is 2. The molecule has 2 rings (SSSR count). The van der Waals surface area contributed by atoms with Gasteiger partial charge in [-0.25, -0.2) is 0 Å². The van der Waals surface area contributed by atoms with Crippen LogP contribution in [0.4, 0.5) is 5.69 Å². The number of nitrogens with zero attached hydrogens (tertiary/aromatic N) is 1. The van der Waals surface area contributed by atoms with E-state index in [4.69, 9.17) is 4.42 Å². The Morgan fingerprint density at radius 2 is 2.09 bits per heavy atom. The fourth-order valence-corrected chi connectivity index (χ4v) is 2.62. The molecule has 1 aromatic carbocycles. The van der Waals surface area contributed by atoms with E-state index in [1.54, 1.807) is 17.0 Å². The van der Waals surface area contributed by atoms with Gasteiger partial charge in [-0.2, -0.15) is 0 Å². The van der Waals surface area contributed by atoms with Gasteiger partial charge in [-0.3, -0.25) is 9.59 Å². The quantitative estimate of drug-likeness (QED) is 0.886. The topological polar surface area (TPSA) is 62.6 Å². The van der Waals surface area contributed by atoms with Crippen LogP contribution in [0.1, 0.15) is 23.0 Å². The third kappa shape index (κ3) is 3.98. The van der Waals surface area contributed by atoms with Crippen LogP contribution >= 0.6 is 15.9 Å². The van der Waals surface area contributed by atoms with Crippen LogP contribution in [0, 0.1) is 6.92 Å². The fourth-order valence-electron chi connectivity index (χ4n) is 2.15. The Morgan fingerprint density at radius 1 is 1.32 bits per heavy atom. The molecule has 0 radical (unpaired) electrons. The van der Waals surface area contributed by atoms with Crippen LogP contribution in [-0.2, 0) is 4.79 Å². The van der Waals surface area contributed by atoms with Gasteiger partial charge in [0.15, 0.2) is 5.76 Å². The molecular weight excluding hydrogens is 348 g/mol. The molecule has 0 atom stereocenters. The molecule has 0 spiro atoms. The van der Waals surface area contributed by atoms with Gasteiger partial charge in [0.05, 0.1) is 6.26 Å². The minimum atomic E-state index is -0.291. The maximum absolute atomic E-state index is 11.9. The van der Waals surface area contributed by atoms with Crippen molar-refractivity contribution < 1.29 is 14.0 Å². The van der Waals surface area contributed by atoms with E-state index >= 15 is 0 Å². The molecule has 0 aliphatic heterocycles. The lowest BCUT2D eigenvalue weighted by molar-refractivity contribution is -0.116. The predicted molar refractivity (Wildman–Crippen MR) is 87.9 cm³/mol. The summed E-state index contributed by atoms with van der Waals surface area (Å²) in [7, 11) is 0. The van der Waals surface area contributed by atoms with Crippen LogP contribution < -0.4 is 10.2 Å². The number of anilines is 1. The van der Waals surface area contributed by atoms with E-state index in [0.717, 1.165) is 15.7 Å². The molecule has 116 valence electrons. The summed E-state index contributed by atoms with van der Waals surface area (Å²) >= 11 is 3.41. The van der Waals surface area contributed by atoms with Crippen LogP contribution in [0.25, 0.3) is 0 Å². The number of aryl methyl sites for hydroxylation is 1. The summed E-state index contributed by atoms with van der Waals surface area (Å²) in [6, 6.07) is 8.97. The minimum Gasteiger partial charge on any atom is -0.459 e. The first-order chi connectivity index (χ1) is 10.5. The van der Waals surface area contributed by atoms with Crippen LogP contribution in [0.15, 0.2) is 45.5 Å². The van der Waals surface area contributed by atoms with Crippen LogP contribution in [0.5, 0.6) is 0 Å². The van der Waals surface area contributed by atoms with Gasteiger partial charge < -0.3 is 14.6 Å². The van der Waals surface area contributed by atoms with E-state index in [2.05, 4.69) is 21.2 Å². The zero-order chi connectivity index (χ0) is 16.1. The van der Waals surface area contributed by atoms with Gasteiger partial charge in [0.25, 0.3) is 5.91 Å². The highest BCUT2D eigenvalue weighted by molar-refractivity contribution is 9.10. The molecular formula is C16H17BrN2O3. The molecule has 1 heterocycles. The summed E-state index contributed by atoms with van der Waals surface area (Å²) < 4.78 is 5.98. The van der Waals surface area contributed by atoms with Crippen LogP contribution in [0.3, 0.4) is 0 Å². The molecule has 5 nitrogen and oxygen atoms in total. The number of amides is 2. The van der Waals surface area contributed by atoms with Gasteiger partial charge in [0.1, 0.15) is 0 Å². The molecule has 0 fully saturated rings. The summed E-state index contributed by atoms with van der Waals surface area (Å²) in [5.41, 5.74) is 1.82. The first kappa shape index (κ1) is 16.3. The monoisotopic (exact) mass is 364 g/mol. The number of hydrogen-bond acceptors (Lipinski definition) is 3. The number of benzene rings is 1. The van der Waals surface area contributed by atoms with E-state index in [0.29, 0.717) is 13.1 Å². The van der Waals surface area contributed by atoms with Gasteiger partial charge in [-0.05, 0) is 42.8 Å². The van der Waals surface area contributed by atoms with Gasteiger partial charge in [-0.1, -0.05) is 15.9 Å². The molecule has 0 bridgehead atoms. The number of furan rings is 1. The minimum absolute atomic E-state index is 0.0716. The van der Waals surface area contributed by atoms with E-state index in [1.807, 2.05) is 25.1 Å². The lowest BCUT2D eigenvalue weighted by Crippen LogP contribution is -2.37. The molecule has 6 heteroatoms.